The fourth-order valence-corrected chi connectivity index (χ4v) is 0.721. The number of allylic oxidation sites excluding steroid dienone is 3. The highest BCUT2D eigenvalue weighted by molar-refractivity contribution is 5.28. The first-order valence-electron chi connectivity index (χ1n) is 5.75. The van der Waals surface area contributed by atoms with Crippen LogP contribution in [-0.4, -0.2) is 6.54 Å². The minimum absolute atomic E-state index is 0.756. The van der Waals surface area contributed by atoms with Crippen LogP contribution in [-0.2, 0) is 0 Å². The van der Waals surface area contributed by atoms with E-state index >= 15 is 0 Å². The Hall–Kier alpha value is -1.18. The number of likely N-dealkylation sites (N-methyl/N-ethyl adjacent to an activating group) is 1. The lowest BCUT2D eigenvalue weighted by Crippen LogP contribution is -2.17. The topological polar surface area (TPSA) is 38.0 Å². The second kappa shape index (κ2) is 18.6. The van der Waals surface area contributed by atoms with E-state index in [0.29, 0.717) is 0 Å². The molecule has 0 aliphatic heterocycles. The van der Waals surface area contributed by atoms with Crippen molar-refractivity contribution in [2.24, 2.45) is 5.73 Å². The molecule has 0 aromatic carbocycles. The van der Waals surface area contributed by atoms with Gasteiger partial charge in [0.25, 0.3) is 0 Å². The molecule has 2 heteroatoms. The van der Waals surface area contributed by atoms with Crippen LogP contribution < -0.4 is 11.1 Å². The third-order valence-electron chi connectivity index (χ3n) is 1.27. The zero-order valence-corrected chi connectivity index (χ0v) is 11.2. The summed E-state index contributed by atoms with van der Waals surface area (Å²) in [6.45, 7) is 16.4. The highest BCUT2D eigenvalue weighted by Gasteiger charge is 1.94. The molecule has 0 fully saturated rings. The molecule has 0 atom stereocenters. The molecule has 0 unspecified atom stereocenters. The summed E-state index contributed by atoms with van der Waals surface area (Å²) in [5, 5.41) is 3.13. The van der Waals surface area contributed by atoms with Gasteiger partial charge in [0.1, 0.15) is 0 Å². The third kappa shape index (κ3) is 12.8. The number of nitrogens with two attached hydrogens (primary N) is 1. The Morgan fingerprint density at radius 3 is 2.00 bits per heavy atom. The van der Waals surface area contributed by atoms with Gasteiger partial charge in [-0.3, -0.25) is 0 Å². The van der Waals surface area contributed by atoms with Crippen LogP contribution in [0.3, 0.4) is 0 Å². The molecule has 0 bridgehead atoms. The fourth-order valence-electron chi connectivity index (χ4n) is 0.721. The van der Waals surface area contributed by atoms with Gasteiger partial charge in [-0.1, -0.05) is 46.4 Å². The number of rotatable bonds is 4. The number of nitrogens with one attached hydrogen (secondary N) is 1. The fraction of sp³-hybridized carbons (Fsp3) is 0.538. The summed E-state index contributed by atoms with van der Waals surface area (Å²) >= 11 is 0. The molecule has 3 N–H and O–H groups in total. The standard InChI is InChI=1S/C9H16N2.2C2H6/c1-4-7-9(11-6-3)8(10)5-2;2*1-2/h4-5,7,11H,1,6,10H2,2-3H3;2*1-2H3/b8-5+,9-7+;;. The van der Waals surface area contributed by atoms with Crippen molar-refractivity contribution in [1.29, 1.82) is 0 Å². The van der Waals surface area contributed by atoms with Crippen LogP contribution in [0.1, 0.15) is 41.5 Å². The van der Waals surface area contributed by atoms with Gasteiger partial charge >= 0.3 is 0 Å². The Labute approximate surface area is 96.0 Å². The number of hydrogen-bond acceptors (Lipinski definition) is 2. The first-order valence-corrected chi connectivity index (χ1v) is 5.75. The van der Waals surface area contributed by atoms with Gasteiger partial charge in [0, 0.05) is 6.54 Å². The minimum atomic E-state index is 0.756. The normalized spacial score (nSPS) is 10.3. The average Bonchev–Trinajstić information content (AvgIpc) is 2.33. The first kappa shape index (κ1) is 19.4. The number of hydrogen-bond donors (Lipinski definition) is 2. The molecule has 0 aromatic rings. The van der Waals surface area contributed by atoms with Crippen LogP contribution >= 0.6 is 0 Å². The summed E-state index contributed by atoms with van der Waals surface area (Å²) in [6, 6.07) is 0. The van der Waals surface area contributed by atoms with E-state index in [2.05, 4.69) is 11.9 Å². The van der Waals surface area contributed by atoms with Crippen LogP contribution in [0.15, 0.2) is 36.2 Å². The van der Waals surface area contributed by atoms with Gasteiger partial charge in [0.05, 0.1) is 11.4 Å². The van der Waals surface area contributed by atoms with E-state index in [0.717, 1.165) is 17.9 Å². The Bertz CT molecular complexity index is 179. The lowest BCUT2D eigenvalue weighted by atomic mass is 10.3. The summed E-state index contributed by atoms with van der Waals surface area (Å²) in [6.07, 6.45) is 5.44. The molecule has 0 radical (unpaired) electrons. The maximum atomic E-state index is 5.67. The van der Waals surface area contributed by atoms with E-state index in [9.17, 15) is 0 Å². The van der Waals surface area contributed by atoms with E-state index in [1.54, 1.807) is 6.08 Å². The highest BCUT2D eigenvalue weighted by Crippen LogP contribution is 1.98. The van der Waals surface area contributed by atoms with Crippen LogP contribution in [0, 0.1) is 0 Å². The van der Waals surface area contributed by atoms with Gasteiger partial charge < -0.3 is 11.1 Å². The zero-order chi connectivity index (χ0) is 12.7. The predicted octanol–water partition coefficient (Wildman–Crippen LogP) is 3.58. The van der Waals surface area contributed by atoms with Crippen LogP contribution in [0.2, 0.25) is 0 Å². The van der Waals surface area contributed by atoms with Gasteiger partial charge in [-0.15, -0.1) is 0 Å². The third-order valence-corrected chi connectivity index (χ3v) is 1.27. The Morgan fingerprint density at radius 1 is 1.27 bits per heavy atom. The molecule has 2 nitrogen and oxygen atoms in total. The molecule has 15 heavy (non-hydrogen) atoms. The van der Waals surface area contributed by atoms with Crippen molar-refractivity contribution in [2.75, 3.05) is 6.54 Å². The molecule has 0 amide bonds. The molecular weight excluding hydrogens is 184 g/mol. The summed E-state index contributed by atoms with van der Waals surface area (Å²) in [5.74, 6) is 0. The quantitative estimate of drug-likeness (QED) is 0.699. The van der Waals surface area contributed by atoms with Gasteiger partial charge in [0.2, 0.25) is 0 Å². The van der Waals surface area contributed by atoms with E-state index in [4.69, 9.17) is 5.73 Å². The van der Waals surface area contributed by atoms with Crippen molar-refractivity contribution in [3.63, 3.8) is 0 Å². The largest absolute Gasteiger partial charge is 0.397 e. The molecule has 0 aromatic heterocycles. The minimum Gasteiger partial charge on any atom is -0.397 e. The van der Waals surface area contributed by atoms with Gasteiger partial charge in [-0.05, 0) is 19.9 Å². The van der Waals surface area contributed by atoms with E-state index in [1.165, 1.54) is 0 Å². The smallest absolute Gasteiger partial charge is 0.0570 e. The van der Waals surface area contributed by atoms with Crippen LogP contribution in [0.25, 0.3) is 0 Å². The van der Waals surface area contributed by atoms with Crippen molar-refractivity contribution in [2.45, 2.75) is 41.5 Å². The second-order valence-electron chi connectivity index (χ2n) is 2.09. The molecule has 90 valence electrons. The van der Waals surface area contributed by atoms with Gasteiger partial charge in [-0.2, -0.15) is 0 Å². The maximum absolute atomic E-state index is 5.67. The highest BCUT2D eigenvalue weighted by atomic mass is 14.9. The summed E-state index contributed by atoms with van der Waals surface area (Å²) in [5.41, 5.74) is 7.36. The summed E-state index contributed by atoms with van der Waals surface area (Å²) in [7, 11) is 0. The predicted molar refractivity (Wildman–Crippen MR) is 72.6 cm³/mol. The molecule has 0 saturated carbocycles. The molecule has 0 rings (SSSR count). The van der Waals surface area contributed by atoms with Crippen LogP contribution in [0.5, 0.6) is 0 Å². The van der Waals surface area contributed by atoms with Crippen molar-refractivity contribution in [1.82, 2.24) is 5.32 Å². The van der Waals surface area contributed by atoms with E-state index in [1.807, 2.05) is 53.7 Å². The molecule has 0 heterocycles. The SMILES string of the molecule is C=C/C=C(NCC)\C(N)=C/C.CC.CC. The Balaban J connectivity index is -0.000000318. The average molecular weight is 212 g/mol. The Morgan fingerprint density at radius 2 is 1.73 bits per heavy atom. The molecule has 0 aliphatic rings. The van der Waals surface area contributed by atoms with E-state index < -0.39 is 0 Å². The summed E-state index contributed by atoms with van der Waals surface area (Å²) < 4.78 is 0. The molecule has 0 spiro atoms. The molecule has 0 saturated heterocycles. The zero-order valence-electron chi connectivity index (χ0n) is 11.2. The Kier molecular flexibility index (Phi) is 24.0. The summed E-state index contributed by atoms with van der Waals surface area (Å²) in [4.78, 5) is 0. The lowest BCUT2D eigenvalue weighted by Gasteiger charge is -2.07. The van der Waals surface area contributed by atoms with Crippen LogP contribution in [0.4, 0.5) is 0 Å². The van der Waals surface area contributed by atoms with Gasteiger partial charge in [-0.25, -0.2) is 0 Å². The molecule has 0 aliphatic carbocycles. The monoisotopic (exact) mass is 212 g/mol. The van der Waals surface area contributed by atoms with Crippen molar-refractivity contribution in [3.8, 4) is 0 Å². The molecular formula is C13H28N2. The first-order chi connectivity index (χ1) is 7.26. The lowest BCUT2D eigenvalue weighted by molar-refractivity contribution is 0.857. The van der Waals surface area contributed by atoms with Gasteiger partial charge in [0.15, 0.2) is 0 Å². The van der Waals surface area contributed by atoms with Crippen molar-refractivity contribution in [3.05, 3.63) is 36.2 Å². The van der Waals surface area contributed by atoms with E-state index in [-0.39, 0.29) is 0 Å². The maximum Gasteiger partial charge on any atom is 0.0570 e. The second-order valence-corrected chi connectivity index (χ2v) is 2.09. The van der Waals surface area contributed by atoms with Crippen molar-refractivity contribution >= 4 is 0 Å². The van der Waals surface area contributed by atoms with Crippen molar-refractivity contribution < 1.29 is 0 Å².